The van der Waals surface area contributed by atoms with Crippen molar-refractivity contribution >= 4 is 15.7 Å². The van der Waals surface area contributed by atoms with Crippen LogP contribution in [0.2, 0.25) is 0 Å². The average Bonchev–Trinajstić information content (AvgIpc) is 3.34. The molecular formula is C25H32FN3O5S. The highest BCUT2D eigenvalue weighted by molar-refractivity contribution is 7.89. The van der Waals surface area contributed by atoms with Crippen molar-refractivity contribution in [1.29, 1.82) is 0 Å². The van der Waals surface area contributed by atoms with Gasteiger partial charge < -0.3 is 19.1 Å². The van der Waals surface area contributed by atoms with Gasteiger partial charge in [0.15, 0.2) is 0 Å². The Bertz CT molecular complexity index is 1130. The number of methoxy groups -OCH3 is 1. The minimum absolute atomic E-state index is 0.124. The number of unbranched alkanes of at least 4 members (excludes halogenated alkanes) is 1. The minimum Gasteiger partial charge on any atom is -0.496 e. The maximum atomic E-state index is 13.4. The number of fused-ring (bicyclic) bond motifs is 2. The molecule has 0 aliphatic carbocycles. The predicted molar refractivity (Wildman–Crippen MR) is 130 cm³/mol. The minimum atomic E-state index is -3.68. The molecule has 3 aliphatic rings. The van der Waals surface area contributed by atoms with E-state index in [1.807, 2.05) is 12.1 Å². The van der Waals surface area contributed by atoms with Crippen LogP contribution in [0.3, 0.4) is 0 Å². The van der Waals surface area contributed by atoms with Gasteiger partial charge in [0, 0.05) is 38.4 Å². The molecule has 2 fully saturated rings. The van der Waals surface area contributed by atoms with E-state index in [1.54, 1.807) is 18.2 Å². The van der Waals surface area contributed by atoms with E-state index in [1.165, 1.54) is 23.5 Å². The Kier molecular flexibility index (Phi) is 7.00. The number of hydrogen-bond donors (Lipinski definition) is 0. The van der Waals surface area contributed by atoms with Crippen molar-refractivity contribution in [3.05, 3.63) is 53.8 Å². The van der Waals surface area contributed by atoms with E-state index >= 15 is 0 Å². The van der Waals surface area contributed by atoms with Crippen LogP contribution in [0.25, 0.3) is 0 Å². The first-order valence-corrected chi connectivity index (χ1v) is 13.6. The molecule has 0 saturated carbocycles. The van der Waals surface area contributed by atoms with Crippen LogP contribution in [-0.2, 0) is 25.3 Å². The Labute approximate surface area is 206 Å². The Morgan fingerprint density at radius 3 is 2.34 bits per heavy atom. The van der Waals surface area contributed by atoms with Crippen molar-refractivity contribution in [2.45, 2.75) is 23.5 Å². The Morgan fingerprint density at radius 1 is 0.971 bits per heavy atom. The first-order valence-electron chi connectivity index (χ1n) is 12.1. The average molecular weight is 506 g/mol. The molecule has 10 heteroatoms. The van der Waals surface area contributed by atoms with Crippen molar-refractivity contribution in [2.24, 2.45) is 0 Å². The van der Waals surface area contributed by atoms with Gasteiger partial charge in [-0.3, -0.25) is 4.90 Å². The van der Waals surface area contributed by atoms with Gasteiger partial charge in [-0.05, 0) is 55.8 Å². The molecule has 0 amide bonds. The molecule has 3 heterocycles. The fraction of sp³-hybridized carbons (Fsp3) is 0.520. The van der Waals surface area contributed by atoms with E-state index < -0.39 is 15.8 Å². The van der Waals surface area contributed by atoms with E-state index in [9.17, 15) is 12.8 Å². The maximum absolute atomic E-state index is 13.4. The zero-order valence-electron chi connectivity index (χ0n) is 20.0. The topological polar surface area (TPSA) is 71.6 Å². The van der Waals surface area contributed by atoms with E-state index in [-0.39, 0.29) is 17.3 Å². The van der Waals surface area contributed by atoms with E-state index in [0.29, 0.717) is 31.1 Å². The number of hydrogen-bond acceptors (Lipinski definition) is 7. The number of anilines is 1. The zero-order chi connectivity index (χ0) is 24.5. The lowest BCUT2D eigenvalue weighted by atomic mass is 10.0. The molecule has 0 atom stereocenters. The molecule has 5 rings (SSSR count). The summed E-state index contributed by atoms with van der Waals surface area (Å²) in [4.78, 5) is 4.86. The smallest absolute Gasteiger partial charge is 0.243 e. The number of benzene rings is 2. The molecular weight excluding hydrogens is 473 g/mol. The summed E-state index contributed by atoms with van der Waals surface area (Å²) in [6.45, 7) is 5.90. The van der Waals surface area contributed by atoms with Gasteiger partial charge in [-0.1, -0.05) is 6.07 Å². The van der Waals surface area contributed by atoms with Crippen molar-refractivity contribution < 1.29 is 27.0 Å². The number of rotatable bonds is 7. The molecule has 190 valence electrons. The molecule has 2 saturated heterocycles. The molecule has 0 bridgehead atoms. The van der Waals surface area contributed by atoms with E-state index in [4.69, 9.17) is 14.2 Å². The summed E-state index contributed by atoms with van der Waals surface area (Å²) in [7, 11) is -2.15. The van der Waals surface area contributed by atoms with Crippen molar-refractivity contribution in [1.82, 2.24) is 9.21 Å². The lowest BCUT2D eigenvalue weighted by Crippen LogP contribution is -2.50. The van der Waals surface area contributed by atoms with Gasteiger partial charge in [-0.25, -0.2) is 12.8 Å². The fourth-order valence-corrected chi connectivity index (χ4v) is 6.95. The van der Waals surface area contributed by atoms with Gasteiger partial charge in [0.25, 0.3) is 0 Å². The predicted octanol–water partition coefficient (Wildman–Crippen LogP) is 2.64. The second-order valence-corrected chi connectivity index (χ2v) is 11.0. The summed E-state index contributed by atoms with van der Waals surface area (Å²) in [6.07, 6.45) is 1.63. The second-order valence-electron chi connectivity index (χ2n) is 9.13. The molecule has 8 nitrogen and oxygen atoms in total. The first kappa shape index (κ1) is 24.5. The van der Waals surface area contributed by atoms with Crippen LogP contribution in [0.5, 0.6) is 5.75 Å². The van der Waals surface area contributed by atoms with Gasteiger partial charge >= 0.3 is 0 Å². The lowest BCUT2D eigenvalue weighted by Gasteiger charge is -2.40. The van der Waals surface area contributed by atoms with Crippen molar-refractivity contribution in [2.75, 3.05) is 71.0 Å². The number of halogens is 1. The van der Waals surface area contributed by atoms with Gasteiger partial charge in [0.05, 0.1) is 37.3 Å². The fourth-order valence-electron chi connectivity index (χ4n) is 5.20. The highest BCUT2D eigenvalue weighted by Crippen LogP contribution is 2.46. The lowest BCUT2D eigenvalue weighted by molar-refractivity contribution is -0.177. The monoisotopic (exact) mass is 505 g/mol. The quantitative estimate of drug-likeness (QED) is 0.536. The number of piperazine rings is 1. The number of ether oxygens (including phenoxy) is 3. The normalized spacial score (nSPS) is 21.8. The van der Waals surface area contributed by atoms with Crippen molar-refractivity contribution in [3.63, 3.8) is 0 Å². The maximum Gasteiger partial charge on any atom is 0.243 e. The summed E-state index contributed by atoms with van der Waals surface area (Å²) >= 11 is 0. The molecule has 1 spiro atoms. The van der Waals surface area contributed by atoms with Crippen LogP contribution in [-0.4, -0.2) is 83.8 Å². The number of sulfonamides is 1. The van der Waals surface area contributed by atoms with Gasteiger partial charge in [0.1, 0.15) is 11.6 Å². The van der Waals surface area contributed by atoms with Crippen LogP contribution in [0, 0.1) is 5.82 Å². The third kappa shape index (κ3) is 4.77. The summed E-state index contributed by atoms with van der Waals surface area (Å²) < 4.78 is 58.9. The summed E-state index contributed by atoms with van der Waals surface area (Å²) in [5.41, 5.74) is 1.51. The molecule has 0 aromatic heterocycles. The van der Waals surface area contributed by atoms with Gasteiger partial charge in [-0.2, -0.15) is 4.31 Å². The molecule has 0 radical (unpaired) electrons. The Hall–Kier alpha value is -2.24. The third-order valence-electron chi connectivity index (χ3n) is 7.04. The van der Waals surface area contributed by atoms with Crippen LogP contribution >= 0.6 is 0 Å². The van der Waals surface area contributed by atoms with Gasteiger partial charge in [-0.15, -0.1) is 0 Å². The molecule has 35 heavy (non-hydrogen) atoms. The zero-order valence-corrected chi connectivity index (χ0v) is 20.8. The van der Waals surface area contributed by atoms with E-state index in [0.717, 1.165) is 51.3 Å². The van der Waals surface area contributed by atoms with Crippen LogP contribution < -0.4 is 9.64 Å². The highest BCUT2D eigenvalue weighted by Gasteiger charge is 2.52. The summed E-state index contributed by atoms with van der Waals surface area (Å²) in [6, 6.07) is 11.7. The Balaban J connectivity index is 1.17. The van der Waals surface area contributed by atoms with E-state index in [2.05, 4.69) is 9.80 Å². The van der Waals surface area contributed by atoms with Crippen LogP contribution in [0.4, 0.5) is 10.1 Å². The second kappa shape index (κ2) is 10.0. The highest BCUT2D eigenvalue weighted by atomic mass is 32.2. The van der Waals surface area contributed by atoms with Gasteiger partial charge in [0.2, 0.25) is 15.8 Å². The number of nitrogens with zero attached hydrogens (tertiary/aromatic N) is 3. The molecule has 3 aliphatic heterocycles. The molecule has 2 aromatic carbocycles. The summed E-state index contributed by atoms with van der Waals surface area (Å²) in [5.74, 6) is -0.876. The van der Waals surface area contributed by atoms with Crippen molar-refractivity contribution in [3.8, 4) is 5.75 Å². The molecule has 0 N–H and O–H groups in total. The first-order chi connectivity index (χ1) is 16.9. The Morgan fingerprint density at radius 2 is 1.66 bits per heavy atom. The SMILES string of the molecule is COc1cccc2c1C1(CN(CCCCN3CCN(c4ccc(F)cc4)CC3)S2(=O)=O)OCCO1. The largest absolute Gasteiger partial charge is 0.496 e. The summed E-state index contributed by atoms with van der Waals surface area (Å²) in [5, 5.41) is 0. The third-order valence-corrected chi connectivity index (χ3v) is 8.93. The van der Waals surface area contributed by atoms with Crippen LogP contribution in [0.15, 0.2) is 47.4 Å². The molecule has 0 unspecified atom stereocenters. The standard InChI is InChI=1S/C25H32FN3O5S/c1-32-22-5-4-6-23-24(22)25(33-17-18-34-25)19-29(35(23,30)31)12-3-2-11-27-13-15-28(16-14-27)21-9-7-20(26)8-10-21/h4-10H,2-3,11-19H2,1H3. The van der Waals surface area contributed by atoms with Crippen LogP contribution in [0.1, 0.15) is 18.4 Å². The molecule has 2 aromatic rings.